The first-order valence-electron chi connectivity index (χ1n) is 6.31. The van der Waals surface area contributed by atoms with Gasteiger partial charge in [0.25, 0.3) is 0 Å². The van der Waals surface area contributed by atoms with Crippen molar-refractivity contribution in [1.29, 1.82) is 5.41 Å². The highest BCUT2D eigenvalue weighted by Gasteiger charge is 2.32. The van der Waals surface area contributed by atoms with Gasteiger partial charge in [0.1, 0.15) is 11.7 Å². The number of hydrogen-bond donors (Lipinski definition) is 2. The average molecular weight is 322 g/mol. The van der Waals surface area contributed by atoms with Crippen molar-refractivity contribution in [3.63, 3.8) is 0 Å². The summed E-state index contributed by atoms with van der Waals surface area (Å²) in [4.78, 5) is 7.30. The number of rotatable bonds is 3. The molecule has 0 spiro atoms. The van der Waals surface area contributed by atoms with E-state index in [1.165, 1.54) is 17.2 Å². The summed E-state index contributed by atoms with van der Waals surface area (Å²) < 4.78 is 37.0. The van der Waals surface area contributed by atoms with Gasteiger partial charge in [-0.3, -0.25) is 10.3 Å². The van der Waals surface area contributed by atoms with Crippen LogP contribution in [0, 0.1) is 5.41 Å². The number of anilines is 1. The van der Waals surface area contributed by atoms with E-state index in [4.69, 9.17) is 22.7 Å². The first-order valence-corrected chi connectivity index (χ1v) is 6.68. The van der Waals surface area contributed by atoms with E-state index in [1.807, 2.05) is 4.90 Å². The van der Waals surface area contributed by atoms with Crippen LogP contribution in [0.15, 0.2) is 12.3 Å². The van der Waals surface area contributed by atoms with E-state index in [-0.39, 0.29) is 23.9 Å². The molecule has 0 amide bonds. The van der Waals surface area contributed by atoms with Crippen molar-refractivity contribution in [2.45, 2.75) is 6.18 Å². The van der Waals surface area contributed by atoms with Crippen LogP contribution in [0.25, 0.3) is 0 Å². The summed E-state index contributed by atoms with van der Waals surface area (Å²) in [6.07, 6.45) is -2.70. The Labute approximate surface area is 125 Å². The summed E-state index contributed by atoms with van der Waals surface area (Å²) in [7, 11) is 0. The molecule has 5 nitrogen and oxygen atoms in total. The highest BCUT2D eigenvalue weighted by molar-refractivity contribution is 6.36. The Morgan fingerprint density at radius 1 is 1.33 bits per heavy atom. The van der Waals surface area contributed by atoms with Crippen LogP contribution in [0.1, 0.15) is 5.56 Å². The van der Waals surface area contributed by atoms with Crippen molar-refractivity contribution in [1.82, 2.24) is 9.88 Å². The fraction of sp³-hybridized carbons (Fsp3) is 0.500. The predicted molar refractivity (Wildman–Crippen MR) is 75.0 cm³/mol. The third-order valence-electron chi connectivity index (χ3n) is 3.24. The number of nitrogens with two attached hydrogens (primary N) is 1. The Kier molecular flexibility index (Phi) is 4.58. The topological polar surface area (TPSA) is 69.2 Å². The third-order valence-corrected chi connectivity index (χ3v) is 3.61. The lowest BCUT2D eigenvalue weighted by atomic mass is 10.2. The zero-order chi connectivity index (χ0) is 15.6. The van der Waals surface area contributed by atoms with E-state index in [0.29, 0.717) is 24.5 Å². The second kappa shape index (κ2) is 6.07. The quantitative estimate of drug-likeness (QED) is 0.657. The summed E-state index contributed by atoms with van der Waals surface area (Å²) in [5.41, 5.74) is 5.80. The highest BCUT2D eigenvalue weighted by Crippen LogP contribution is 2.28. The fourth-order valence-corrected chi connectivity index (χ4v) is 2.57. The highest BCUT2D eigenvalue weighted by atomic mass is 35.5. The van der Waals surface area contributed by atoms with Gasteiger partial charge in [0.15, 0.2) is 0 Å². The molecule has 0 unspecified atom stereocenters. The van der Waals surface area contributed by atoms with Gasteiger partial charge in [-0.15, -0.1) is 0 Å². The van der Waals surface area contributed by atoms with Crippen molar-refractivity contribution in [3.05, 3.63) is 22.8 Å². The van der Waals surface area contributed by atoms with Gasteiger partial charge in [0.2, 0.25) is 0 Å². The minimum absolute atomic E-state index is 0.167. The molecule has 0 aromatic carbocycles. The number of nitrogens with one attached hydrogen (secondary N) is 1. The van der Waals surface area contributed by atoms with Crippen molar-refractivity contribution < 1.29 is 13.2 Å². The van der Waals surface area contributed by atoms with Crippen molar-refractivity contribution in [2.24, 2.45) is 5.73 Å². The van der Waals surface area contributed by atoms with E-state index < -0.39 is 12.7 Å². The lowest BCUT2D eigenvalue weighted by molar-refractivity contribution is -0.146. The molecule has 0 radical (unpaired) electrons. The molecular weight excluding hydrogens is 307 g/mol. The molecule has 1 aromatic rings. The normalized spacial score (nSPS) is 17.0. The molecule has 0 aliphatic carbocycles. The summed E-state index contributed by atoms with van der Waals surface area (Å²) in [6.45, 7) is 0.438. The van der Waals surface area contributed by atoms with Gasteiger partial charge in [-0.1, -0.05) is 11.6 Å². The van der Waals surface area contributed by atoms with Crippen LogP contribution in [0.3, 0.4) is 0 Å². The maximum atomic E-state index is 12.3. The number of pyridine rings is 1. The Morgan fingerprint density at radius 3 is 2.48 bits per heavy atom. The molecule has 1 saturated heterocycles. The number of hydrogen-bond acceptors (Lipinski definition) is 4. The number of amidine groups is 1. The number of aromatic nitrogens is 1. The monoisotopic (exact) mass is 321 g/mol. The molecule has 3 N–H and O–H groups in total. The van der Waals surface area contributed by atoms with Gasteiger partial charge in [0.05, 0.1) is 11.6 Å². The number of halogens is 4. The molecule has 9 heteroatoms. The van der Waals surface area contributed by atoms with E-state index in [2.05, 4.69) is 4.98 Å². The van der Waals surface area contributed by atoms with E-state index in [1.54, 1.807) is 0 Å². The predicted octanol–water partition coefficient (Wildman–Crippen LogP) is 1.70. The van der Waals surface area contributed by atoms with Gasteiger partial charge in [-0.25, -0.2) is 4.98 Å². The summed E-state index contributed by atoms with van der Waals surface area (Å²) in [5, 5.41) is 7.69. The maximum Gasteiger partial charge on any atom is 0.401 e. The molecule has 0 saturated carbocycles. The molecule has 2 rings (SSSR count). The number of piperazine rings is 1. The van der Waals surface area contributed by atoms with Gasteiger partial charge < -0.3 is 10.6 Å². The standard InChI is InChI=1S/C12H15ClF3N5/c13-9-8(10(17)18)1-2-19-11(9)21-5-3-20(4-6-21)7-12(14,15)16/h1-2H,3-7H2,(H3,17,18). The largest absolute Gasteiger partial charge is 0.401 e. The molecule has 1 aliphatic rings. The van der Waals surface area contributed by atoms with Crippen molar-refractivity contribution in [3.8, 4) is 0 Å². The molecule has 0 bridgehead atoms. The SMILES string of the molecule is N=C(N)c1ccnc(N2CCN(CC(F)(F)F)CC2)c1Cl. The Hall–Kier alpha value is -1.54. The second-order valence-electron chi connectivity index (χ2n) is 4.79. The number of alkyl halides is 3. The molecule has 116 valence electrons. The van der Waals surface area contributed by atoms with Crippen molar-refractivity contribution in [2.75, 3.05) is 37.6 Å². The molecule has 1 aromatic heterocycles. The minimum Gasteiger partial charge on any atom is -0.384 e. The van der Waals surface area contributed by atoms with Crippen LogP contribution >= 0.6 is 11.6 Å². The first kappa shape index (κ1) is 15.8. The van der Waals surface area contributed by atoms with Crippen molar-refractivity contribution >= 4 is 23.3 Å². The molecular formula is C12H15ClF3N5. The number of nitrogens with zero attached hydrogens (tertiary/aromatic N) is 3. The van der Waals surface area contributed by atoms with E-state index in [0.717, 1.165) is 0 Å². The van der Waals surface area contributed by atoms with Crippen LogP contribution < -0.4 is 10.6 Å². The molecule has 1 fully saturated rings. The van der Waals surface area contributed by atoms with Gasteiger partial charge in [0, 0.05) is 37.9 Å². The smallest absolute Gasteiger partial charge is 0.384 e. The molecule has 0 atom stereocenters. The lowest BCUT2D eigenvalue weighted by Crippen LogP contribution is -2.49. The maximum absolute atomic E-state index is 12.3. The van der Waals surface area contributed by atoms with Crippen LogP contribution in [0.4, 0.5) is 19.0 Å². The number of nitrogen functional groups attached to an aromatic ring is 1. The van der Waals surface area contributed by atoms with Crippen LogP contribution in [-0.2, 0) is 0 Å². The Balaban J connectivity index is 2.06. The van der Waals surface area contributed by atoms with Gasteiger partial charge in [-0.05, 0) is 6.07 Å². The van der Waals surface area contributed by atoms with Crippen LogP contribution in [0.5, 0.6) is 0 Å². The summed E-state index contributed by atoms with van der Waals surface area (Å²) in [5.74, 6) is 0.287. The first-order chi connectivity index (χ1) is 9.78. The summed E-state index contributed by atoms with van der Waals surface area (Å²) in [6, 6.07) is 1.54. The second-order valence-corrected chi connectivity index (χ2v) is 5.17. The lowest BCUT2D eigenvalue weighted by Gasteiger charge is -2.36. The van der Waals surface area contributed by atoms with Crippen LogP contribution in [-0.4, -0.2) is 54.6 Å². The molecule has 21 heavy (non-hydrogen) atoms. The van der Waals surface area contributed by atoms with Gasteiger partial charge >= 0.3 is 6.18 Å². The zero-order valence-corrected chi connectivity index (χ0v) is 11.9. The average Bonchev–Trinajstić information content (AvgIpc) is 2.38. The minimum atomic E-state index is -4.19. The van der Waals surface area contributed by atoms with Crippen LogP contribution in [0.2, 0.25) is 5.02 Å². The zero-order valence-electron chi connectivity index (χ0n) is 11.1. The Morgan fingerprint density at radius 2 is 1.95 bits per heavy atom. The Bertz CT molecular complexity index is 526. The van der Waals surface area contributed by atoms with E-state index >= 15 is 0 Å². The fourth-order valence-electron chi connectivity index (χ4n) is 2.23. The summed E-state index contributed by atoms with van der Waals surface area (Å²) >= 11 is 6.16. The van der Waals surface area contributed by atoms with Gasteiger partial charge in [-0.2, -0.15) is 13.2 Å². The molecule has 1 aliphatic heterocycles. The van der Waals surface area contributed by atoms with E-state index in [9.17, 15) is 13.2 Å². The molecule has 2 heterocycles. The third kappa shape index (κ3) is 3.98.